The van der Waals surface area contributed by atoms with E-state index >= 15 is 0 Å². The number of carbonyl (C=O) groups excluding carboxylic acids is 1. The molecule has 10 heteroatoms. The Morgan fingerprint density at radius 1 is 1.03 bits per heavy atom. The number of nitrogens with one attached hydrogen (secondary N) is 1. The summed E-state index contributed by atoms with van der Waals surface area (Å²) in [5.74, 6) is 1.18. The first-order chi connectivity index (χ1) is 15.8. The maximum Gasteiger partial charge on any atom is 0.243 e. The average molecular weight is 493 g/mol. The molecule has 2 aromatic rings. The lowest BCUT2D eigenvalue weighted by Gasteiger charge is -2.27. The molecule has 8 nitrogen and oxygen atoms in total. The third kappa shape index (κ3) is 5.63. The van der Waals surface area contributed by atoms with Crippen LogP contribution in [0, 0.1) is 6.92 Å². The highest BCUT2D eigenvalue weighted by atomic mass is 32.2. The summed E-state index contributed by atoms with van der Waals surface area (Å²) in [6, 6.07) is 10.6. The van der Waals surface area contributed by atoms with Crippen LogP contribution < -0.4 is 14.8 Å². The van der Waals surface area contributed by atoms with Crippen molar-refractivity contribution >= 4 is 33.4 Å². The Morgan fingerprint density at radius 2 is 1.76 bits per heavy atom. The molecule has 1 N–H and O–H groups in total. The summed E-state index contributed by atoms with van der Waals surface area (Å²) in [5, 5.41) is 2.45. The van der Waals surface area contributed by atoms with Gasteiger partial charge in [-0.05, 0) is 49.7 Å². The molecule has 0 spiro atoms. The number of morpholine rings is 1. The minimum Gasteiger partial charge on any atom is -0.490 e. The summed E-state index contributed by atoms with van der Waals surface area (Å²) in [7, 11) is -3.66. The molecule has 0 saturated carbocycles. The van der Waals surface area contributed by atoms with Gasteiger partial charge in [0.2, 0.25) is 15.9 Å². The lowest BCUT2D eigenvalue weighted by Crippen LogP contribution is -2.40. The molecule has 2 aromatic carbocycles. The minimum atomic E-state index is -3.66. The molecule has 2 heterocycles. The van der Waals surface area contributed by atoms with E-state index in [-0.39, 0.29) is 10.8 Å². The van der Waals surface area contributed by atoms with Gasteiger partial charge in [-0.2, -0.15) is 4.31 Å². The molecule has 0 radical (unpaired) electrons. The number of benzene rings is 2. The number of aryl methyl sites for hydroxylation is 1. The Labute approximate surface area is 198 Å². The molecule has 1 unspecified atom stereocenters. The summed E-state index contributed by atoms with van der Waals surface area (Å²) in [5.41, 5.74) is 1.08. The van der Waals surface area contributed by atoms with Crippen molar-refractivity contribution in [1.82, 2.24) is 4.31 Å². The van der Waals surface area contributed by atoms with Gasteiger partial charge in [-0.3, -0.25) is 4.79 Å². The standard InChI is InChI=1S/C23H28N2O6S2/c1-16-4-5-18(14-22(16)33(27,28)25-8-12-29-13-9-25)24-23(26)17(2)32-19-6-7-20-21(15-19)31-11-3-10-30-20/h4-7,14-15,17H,3,8-13H2,1-2H3,(H,24,26). The molecule has 0 aromatic heterocycles. The second kappa shape index (κ2) is 10.3. The first-order valence-corrected chi connectivity index (χ1v) is 13.2. The van der Waals surface area contributed by atoms with Crippen molar-refractivity contribution in [3.8, 4) is 11.5 Å². The molecule has 2 aliphatic heterocycles. The molecule has 0 bridgehead atoms. The number of fused-ring (bicyclic) bond motifs is 1. The number of hydrogen-bond donors (Lipinski definition) is 1. The second-order valence-corrected chi connectivity index (χ2v) is 11.2. The quantitative estimate of drug-likeness (QED) is 0.619. The number of ether oxygens (including phenoxy) is 3. The Morgan fingerprint density at radius 3 is 2.52 bits per heavy atom. The Kier molecular flexibility index (Phi) is 7.48. The van der Waals surface area contributed by atoms with Crippen LogP contribution in [0.15, 0.2) is 46.2 Å². The van der Waals surface area contributed by atoms with Crippen molar-refractivity contribution in [2.45, 2.75) is 35.3 Å². The highest BCUT2D eigenvalue weighted by molar-refractivity contribution is 8.00. The fraction of sp³-hybridized carbons (Fsp3) is 0.435. The van der Waals surface area contributed by atoms with E-state index in [1.807, 2.05) is 25.1 Å². The number of thioether (sulfide) groups is 1. The van der Waals surface area contributed by atoms with Crippen LogP contribution in [0.3, 0.4) is 0 Å². The molecule has 1 fully saturated rings. The number of anilines is 1. The zero-order valence-electron chi connectivity index (χ0n) is 18.7. The van der Waals surface area contributed by atoms with Gasteiger partial charge >= 0.3 is 0 Å². The minimum absolute atomic E-state index is 0.199. The molecular formula is C23H28N2O6S2. The van der Waals surface area contributed by atoms with Gasteiger partial charge in [0.1, 0.15) is 0 Å². The maximum atomic E-state index is 13.1. The summed E-state index contributed by atoms with van der Waals surface area (Å²) < 4.78 is 44.3. The van der Waals surface area contributed by atoms with Gasteiger partial charge in [-0.25, -0.2) is 8.42 Å². The Balaban J connectivity index is 1.45. The SMILES string of the molecule is Cc1ccc(NC(=O)C(C)Sc2ccc3c(c2)OCCCO3)cc1S(=O)(=O)N1CCOCC1. The van der Waals surface area contributed by atoms with E-state index in [4.69, 9.17) is 14.2 Å². The fourth-order valence-electron chi connectivity index (χ4n) is 3.60. The lowest BCUT2D eigenvalue weighted by atomic mass is 10.2. The van der Waals surface area contributed by atoms with Gasteiger partial charge in [0.05, 0.1) is 36.6 Å². The van der Waals surface area contributed by atoms with Gasteiger partial charge in [-0.15, -0.1) is 11.8 Å². The van der Waals surface area contributed by atoms with Gasteiger partial charge in [0.15, 0.2) is 11.5 Å². The molecule has 1 saturated heterocycles. The lowest BCUT2D eigenvalue weighted by molar-refractivity contribution is -0.115. The smallest absolute Gasteiger partial charge is 0.243 e. The van der Waals surface area contributed by atoms with Crippen LogP contribution in [-0.4, -0.2) is 63.4 Å². The van der Waals surface area contributed by atoms with E-state index in [1.165, 1.54) is 22.1 Å². The van der Waals surface area contributed by atoms with Crippen molar-refractivity contribution in [2.75, 3.05) is 44.8 Å². The van der Waals surface area contributed by atoms with Crippen LogP contribution in [0.2, 0.25) is 0 Å². The van der Waals surface area contributed by atoms with Crippen molar-refractivity contribution in [2.24, 2.45) is 0 Å². The average Bonchev–Trinajstić information content (AvgIpc) is 3.06. The second-order valence-electron chi connectivity index (χ2n) is 7.91. The molecule has 4 rings (SSSR count). The zero-order valence-corrected chi connectivity index (χ0v) is 20.3. The van der Waals surface area contributed by atoms with Crippen LogP contribution in [0.4, 0.5) is 5.69 Å². The topological polar surface area (TPSA) is 94.2 Å². The van der Waals surface area contributed by atoms with E-state index in [1.54, 1.807) is 19.1 Å². The van der Waals surface area contributed by atoms with Gasteiger partial charge < -0.3 is 19.5 Å². The largest absolute Gasteiger partial charge is 0.490 e. The van der Waals surface area contributed by atoms with Gasteiger partial charge in [-0.1, -0.05) is 6.07 Å². The summed E-state index contributed by atoms with van der Waals surface area (Å²) in [6.45, 7) is 6.18. The van der Waals surface area contributed by atoms with Gasteiger partial charge in [0, 0.05) is 30.1 Å². The third-order valence-electron chi connectivity index (χ3n) is 5.44. The number of amides is 1. The van der Waals surface area contributed by atoms with Crippen LogP contribution >= 0.6 is 11.8 Å². The van der Waals surface area contributed by atoms with Crippen molar-refractivity contribution in [1.29, 1.82) is 0 Å². The van der Waals surface area contributed by atoms with Crippen LogP contribution in [-0.2, 0) is 19.6 Å². The summed E-state index contributed by atoms with van der Waals surface area (Å²) >= 11 is 1.40. The molecule has 2 aliphatic rings. The number of nitrogens with zero attached hydrogens (tertiary/aromatic N) is 1. The first-order valence-electron chi connectivity index (χ1n) is 10.9. The van der Waals surface area contributed by atoms with Crippen molar-refractivity contribution in [3.63, 3.8) is 0 Å². The summed E-state index contributed by atoms with van der Waals surface area (Å²) in [4.78, 5) is 13.9. The van der Waals surface area contributed by atoms with Crippen LogP contribution in [0.5, 0.6) is 11.5 Å². The fourth-order valence-corrected chi connectivity index (χ4v) is 6.15. The number of rotatable bonds is 6. The summed E-state index contributed by atoms with van der Waals surface area (Å²) in [6.07, 6.45) is 0.829. The van der Waals surface area contributed by atoms with Crippen LogP contribution in [0.25, 0.3) is 0 Å². The highest BCUT2D eigenvalue weighted by Gasteiger charge is 2.28. The molecule has 0 aliphatic carbocycles. The highest BCUT2D eigenvalue weighted by Crippen LogP contribution is 2.35. The van der Waals surface area contributed by atoms with E-state index < -0.39 is 15.3 Å². The van der Waals surface area contributed by atoms with Gasteiger partial charge in [0.25, 0.3) is 0 Å². The molecule has 1 amide bonds. The van der Waals surface area contributed by atoms with Crippen molar-refractivity contribution < 1.29 is 27.4 Å². The van der Waals surface area contributed by atoms with E-state index in [9.17, 15) is 13.2 Å². The first kappa shape index (κ1) is 23.9. The maximum absolute atomic E-state index is 13.1. The molecular weight excluding hydrogens is 464 g/mol. The van der Waals surface area contributed by atoms with E-state index in [0.29, 0.717) is 62.3 Å². The van der Waals surface area contributed by atoms with Crippen molar-refractivity contribution in [3.05, 3.63) is 42.0 Å². The Bertz CT molecular complexity index is 1120. The van der Waals surface area contributed by atoms with E-state index in [2.05, 4.69) is 5.32 Å². The third-order valence-corrected chi connectivity index (χ3v) is 8.58. The normalized spacial score (nSPS) is 17.8. The molecule has 1 atom stereocenters. The monoisotopic (exact) mass is 492 g/mol. The number of carbonyl (C=O) groups is 1. The number of sulfonamides is 1. The zero-order chi connectivity index (χ0) is 23.4. The van der Waals surface area contributed by atoms with Crippen LogP contribution in [0.1, 0.15) is 18.9 Å². The Hall–Kier alpha value is -2.27. The molecule has 33 heavy (non-hydrogen) atoms. The predicted octanol–water partition coefficient (Wildman–Crippen LogP) is 3.30. The number of hydrogen-bond acceptors (Lipinski definition) is 7. The van der Waals surface area contributed by atoms with E-state index in [0.717, 1.165) is 11.3 Å². The molecule has 178 valence electrons. The predicted molar refractivity (Wildman–Crippen MR) is 127 cm³/mol.